The first-order valence-electron chi connectivity index (χ1n) is 8.15. The zero-order valence-electron chi connectivity index (χ0n) is 13.9. The number of rotatable bonds is 7. The Bertz CT molecular complexity index is 636. The van der Waals surface area contributed by atoms with Crippen molar-refractivity contribution >= 4 is 5.91 Å². The molecule has 0 saturated heterocycles. The molecule has 0 fully saturated rings. The lowest BCUT2D eigenvalue weighted by atomic mass is 10.0. The number of aryl methyl sites for hydroxylation is 1. The number of benzene rings is 2. The number of hydrogen-bond acceptors (Lipinski definition) is 1. The van der Waals surface area contributed by atoms with Crippen LogP contribution in [0.25, 0.3) is 0 Å². The van der Waals surface area contributed by atoms with Crippen LogP contribution in [0.3, 0.4) is 0 Å². The van der Waals surface area contributed by atoms with Crippen LogP contribution in [0.5, 0.6) is 0 Å². The number of nitrogens with zero attached hydrogens (tertiary/aromatic N) is 1. The summed E-state index contributed by atoms with van der Waals surface area (Å²) in [5.41, 5.74) is 2.84. The normalized spacial score (nSPS) is 10.6. The summed E-state index contributed by atoms with van der Waals surface area (Å²) in [5.74, 6) is -0.276. The highest BCUT2D eigenvalue weighted by molar-refractivity contribution is 5.78. The number of hydrogen-bond donors (Lipinski definition) is 0. The van der Waals surface area contributed by atoms with E-state index in [-0.39, 0.29) is 11.7 Å². The summed E-state index contributed by atoms with van der Waals surface area (Å²) in [6, 6.07) is 14.8. The van der Waals surface area contributed by atoms with Crippen LogP contribution < -0.4 is 0 Å². The molecule has 2 nitrogen and oxygen atoms in total. The van der Waals surface area contributed by atoms with Crippen LogP contribution >= 0.6 is 0 Å². The third kappa shape index (κ3) is 5.20. The average molecular weight is 313 g/mol. The quantitative estimate of drug-likeness (QED) is 0.743. The zero-order chi connectivity index (χ0) is 16.7. The summed E-state index contributed by atoms with van der Waals surface area (Å²) in [5, 5.41) is 0. The van der Waals surface area contributed by atoms with Crippen LogP contribution in [0.1, 0.15) is 36.5 Å². The fourth-order valence-electron chi connectivity index (χ4n) is 2.48. The Morgan fingerprint density at radius 3 is 2.35 bits per heavy atom. The van der Waals surface area contributed by atoms with Crippen molar-refractivity contribution in [3.05, 3.63) is 71.0 Å². The van der Waals surface area contributed by atoms with Crippen LogP contribution in [0, 0.1) is 5.82 Å². The van der Waals surface area contributed by atoms with Gasteiger partial charge in [0.05, 0.1) is 6.42 Å². The minimum absolute atomic E-state index is 0.00504. The highest BCUT2D eigenvalue weighted by Gasteiger charge is 2.12. The molecule has 0 aromatic heterocycles. The van der Waals surface area contributed by atoms with Crippen LogP contribution in [0.15, 0.2) is 48.5 Å². The van der Waals surface area contributed by atoms with Gasteiger partial charge in [-0.15, -0.1) is 0 Å². The van der Waals surface area contributed by atoms with E-state index in [1.165, 1.54) is 24.5 Å². The largest absolute Gasteiger partial charge is 0.341 e. The fourth-order valence-corrected chi connectivity index (χ4v) is 2.48. The van der Waals surface area contributed by atoms with Crippen molar-refractivity contribution in [2.45, 2.75) is 39.2 Å². The predicted octanol–water partition coefficient (Wildman–Crippen LogP) is 4.37. The van der Waals surface area contributed by atoms with Crippen LogP contribution in [0.2, 0.25) is 0 Å². The molecule has 2 aromatic carbocycles. The highest BCUT2D eigenvalue weighted by atomic mass is 19.1. The number of amides is 1. The third-order valence-electron chi connectivity index (χ3n) is 3.99. The molecular weight excluding hydrogens is 289 g/mol. The first-order valence-corrected chi connectivity index (χ1v) is 8.15. The van der Waals surface area contributed by atoms with Crippen molar-refractivity contribution in [3.8, 4) is 0 Å². The minimum atomic E-state index is -0.271. The predicted molar refractivity (Wildman–Crippen MR) is 91.6 cm³/mol. The number of unbranched alkanes of at least 4 members (excludes halogenated alkanes) is 1. The maximum atomic E-state index is 13.6. The van der Waals surface area contributed by atoms with E-state index >= 15 is 0 Å². The summed E-state index contributed by atoms with van der Waals surface area (Å²) in [4.78, 5) is 13.9. The maximum absolute atomic E-state index is 13.6. The molecule has 0 aliphatic rings. The van der Waals surface area contributed by atoms with E-state index in [0.29, 0.717) is 18.5 Å². The lowest BCUT2D eigenvalue weighted by molar-refractivity contribution is -0.129. The summed E-state index contributed by atoms with van der Waals surface area (Å²) in [6.45, 7) is 2.47. The first kappa shape index (κ1) is 17.2. The number of likely N-dealkylation sites (N-methyl/N-ethyl adjacent to an activating group) is 1. The van der Waals surface area contributed by atoms with Gasteiger partial charge in [-0.1, -0.05) is 55.8 Å². The van der Waals surface area contributed by atoms with Crippen molar-refractivity contribution in [1.82, 2.24) is 4.90 Å². The van der Waals surface area contributed by atoms with Crippen molar-refractivity contribution in [1.29, 1.82) is 0 Å². The van der Waals surface area contributed by atoms with E-state index in [1.807, 2.05) is 12.1 Å². The van der Waals surface area contributed by atoms with E-state index in [4.69, 9.17) is 0 Å². The van der Waals surface area contributed by atoms with Gasteiger partial charge in [-0.05, 0) is 30.0 Å². The Morgan fingerprint density at radius 1 is 1.04 bits per heavy atom. The first-order chi connectivity index (χ1) is 11.1. The van der Waals surface area contributed by atoms with Crippen molar-refractivity contribution in [3.63, 3.8) is 0 Å². The molecule has 3 heteroatoms. The Hall–Kier alpha value is -2.16. The van der Waals surface area contributed by atoms with E-state index in [1.54, 1.807) is 30.1 Å². The van der Waals surface area contributed by atoms with Gasteiger partial charge in [0.2, 0.25) is 5.91 Å². The van der Waals surface area contributed by atoms with Gasteiger partial charge in [0, 0.05) is 19.2 Å². The highest BCUT2D eigenvalue weighted by Crippen LogP contribution is 2.12. The lowest BCUT2D eigenvalue weighted by Gasteiger charge is -2.18. The summed E-state index contributed by atoms with van der Waals surface area (Å²) >= 11 is 0. The molecule has 0 radical (unpaired) electrons. The Labute approximate surface area is 137 Å². The molecular formula is C20H24FNO. The van der Waals surface area contributed by atoms with Gasteiger partial charge in [-0.2, -0.15) is 0 Å². The molecule has 0 bridgehead atoms. The molecule has 0 unspecified atom stereocenters. The summed E-state index contributed by atoms with van der Waals surface area (Å²) < 4.78 is 13.6. The molecule has 122 valence electrons. The van der Waals surface area contributed by atoms with Gasteiger partial charge in [0.15, 0.2) is 0 Å². The van der Waals surface area contributed by atoms with Gasteiger partial charge in [0.1, 0.15) is 5.82 Å². The topological polar surface area (TPSA) is 20.3 Å². The molecule has 2 rings (SSSR count). The second-order valence-corrected chi connectivity index (χ2v) is 5.94. The van der Waals surface area contributed by atoms with Gasteiger partial charge >= 0.3 is 0 Å². The van der Waals surface area contributed by atoms with Crippen molar-refractivity contribution in [2.24, 2.45) is 0 Å². The van der Waals surface area contributed by atoms with Crippen LogP contribution in [-0.4, -0.2) is 17.9 Å². The van der Waals surface area contributed by atoms with E-state index in [0.717, 1.165) is 12.0 Å². The Balaban J connectivity index is 1.91. The third-order valence-corrected chi connectivity index (χ3v) is 3.99. The molecule has 0 aliphatic carbocycles. The van der Waals surface area contributed by atoms with Crippen molar-refractivity contribution in [2.75, 3.05) is 7.05 Å². The molecule has 0 spiro atoms. The fraction of sp³-hybridized carbons (Fsp3) is 0.350. The molecule has 0 N–H and O–H groups in total. The van der Waals surface area contributed by atoms with Gasteiger partial charge in [-0.3, -0.25) is 4.79 Å². The second-order valence-electron chi connectivity index (χ2n) is 5.94. The summed E-state index contributed by atoms with van der Waals surface area (Å²) in [6.07, 6.45) is 3.79. The van der Waals surface area contributed by atoms with Crippen molar-refractivity contribution < 1.29 is 9.18 Å². The molecule has 0 heterocycles. The van der Waals surface area contributed by atoms with Gasteiger partial charge in [0.25, 0.3) is 0 Å². The van der Waals surface area contributed by atoms with Crippen LogP contribution in [0.4, 0.5) is 4.39 Å². The van der Waals surface area contributed by atoms with E-state index in [9.17, 15) is 9.18 Å². The summed E-state index contributed by atoms with van der Waals surface area (Å²) in [7, 11) is 1.71. The average Bonchev–Trinajstić information content (AvgIpc) is 2.56. The molecule has 0 saturated carbocycles. The molecule has 2 aromatic rings. The monoisotopic (exact) mass is 313 g/mol. The van der Waals surface area contributed by atoms with Gasteiger partial charge in [-0.25, -0.2) is 4.39 Å². The minimum Gasteiger partial charge on any atom is -0.341 e. The number of carbonyl (C=O) groups is 1. The van der Waals surface area contributed by atoms with E-state index in [2.05, 4.69) is 19.1 Å². The smallest absolute Gasteiger partial charge is 0.227 e. The maximum Gasteiger partial charge on any atom is 0.227 e. The standard InChI is InChI=1S/C20H24FNO/c1-3-4-7-16-10-12-17(13-11-16)14-20(23)22(2)15-18-8-5-6-9-19(18)21/h5-6,8-13H,3-4,7,14-15H2,1-2H3. The Morgan fingerprint density at radius 2 is 1.70 bits per heavy atom. The number of halogens is 1. The molecule has 0 aliphatic heterocycles. The second kappa shape index (κ2) is 8.47. The lowest BCUT2D eigenvalue weighted by Crippen LogP contribution is -2.28. The molecule has 23 heavy (non-hydrogen) atoms. The SMILES string of the molecule is CCCCc1ccc(CC(=O)N(C)Cc2ccccc2F)cc1. The zero-order valence-corrected chi connectivity index (χ0v) is 13.9. The van der Waals surface area contributed by atoms with Gasteiger partial charge < -0.3 is 4.90 Å². The van der Waals surface area contributed by atoms with Crippen LogP contribution in [-0.2, 0) is 24.2 Å². The number of carbonyl (C=O) groups excluding carboxylic acids is 1. The molecule has 1 amide bonds. The molecule has 0 atom stereocenters. The Kier molecular flexibility index (Phi) is 6.33. The van der Waals surface area contributed by atoms with E-state index < -0.39 is 0 Å².